The van der Waals surface area contributed by atoms with Gasteiger partial charge in [0, 0.05) is 11.2 Å². The molecule has 0 fully saturated rings. The number of halogens is 1. The summed E-state index contributed by atoms with van der Waals surface area (Å²) in [5, 5.41) is 3.71. The first kappa shape index (κ1) is 17.2. The van der Waals surface area contributed by atoms with Crippen molar-refractivity contribution < 1.29 is 0 Å². The largest absolute Gasteiger partial charge is 0.0843 e. The van der Waals surface area contributed by atoms with Crippen molar-refractivity contribution in [3.63, 3.8) is 0 Å². The van der Waals surface area contributed by atoms with Crippen LogP contribution in [0.4, 0.5) is 0 Å². The monoisotopic (exact) mass is 352 g/mol. The van der Waals surface area contributed by atoms with Crippen LogP contribution in [0.3, 0.4) is 0 Å². The van der Waals surface area contributed by atoms with Gasteiger partial charge in [-0.05, 0) is 68.1 Å². The fraction of sp³-hybridized carbons (Fsp3) is 0.182. The van der Waals surface area contributed by atoms with Crippen molar-refractivity contribution in [3.8, 4) is 0 Å². The second-order valence-corrected chi connectivity index (χ2v) is 8.89. The quantitative estimate of drug-likeness (QED) is 0.513. The Kier molecular flexibility index (Phi) is 5.39. The van der Waals surface area contributed by atoms with E-state index in [4.69, 9.17) is 11.6 Å². The molecule has 0 bridgehead atoms. The fourth-order valence-electron chi connectivity index (χ4n) is 3.04. The highest BCUT2D eigenvalue weighted by Gasteiger charge is 2.17. The molecule has 0 saturated heterocycles. The first-order valence-corrected chi connectivity index (χ1v) is 10.1. The van der Waals surface area contributed by atoms with E-state index < -0.39 is 7.92 Å². The Morgan fingerprint density at radius 1 is 0.792 bits per heavy atom. The average Bonchev–Trinajstić information content (AvgIpc) is 2.56. The molecule has 0 saturated carbocycles. The Bertz CT molecular complexity index is 840. The second-order valence-electron chi connectivity index (χ2n) is 6.28. The van der Waals surface area contributed by atoms with Gasteiger partial charge in [-0.2, -0.15) is 0 Å². The first-order valence-electron chi connectivity index (χ1n) is 8.19. The van der Waals surface area contributed by atoms with Crippen LogP contribution >= 0.6 is 19.5 Å². The van der Waals surface area contributed by atoms with Crippen molar-refractivity contribution in [2.45, 2.75) is 26.9 Å². The normalized spacial score (nSPS) is 12.2. The molecular formula is C22H22ClP. The number of benzene rings is 3. The van der Waals surface area contributed by atoms with Crippen molar-refractivity contribution in [2.75, 3.05) is 0 Å². The Morgan fingerprint density at radius 3 is 2.21 bits per heavy atom. The Hall–Kier alpha value is -1.62. The van der Waals surface area contributed by atoms with Gasteiger partial charge in [-0.3, -0.25) is 0 Å². The maximum Gasteiger partial charge on any atom is 0.0408 e. The van der Waals surface area contributed by atoms with Crippen molar-refractivity contribution >= 4 is 30.1 Å². The van der Waals surface area contributed by atoms with Crippen LogP contribution in [0.5, 0.6) is 0 Å². The van der Waals surface area contributed by atoms with Gasteiger partial charge in [-0.1, -0.05) is 71.8 Å². The SMILES string of the molecule is Cc1ccc(P(Cc2ccc(Cl)cc2C)c2ccccc2)c(C)c1. The third-order valence-corrected chi connectivity index (χ3v) is 7.24. The molecule has 0 aromatic heterocycles. The summed E-state index contributed by atoms with van der Waals surface area (Å²) in [5.74, 6) is 0. The minimum atomic E-state index is -0.429. The van der Waals surface area contributed by atoms with E-state index in [-0.39, 0.29) is 0 Å². The van der Waals surface area contributed by atoms with Crippen LogP contribution in [-0.4, -0.2) is 0 Å². The van der Waals surface area contributed by atoms with E-state index in [1.165, 1.54) is 32.9 Å². The summed E-state index contributed by atoms with van der Waals surface area (Å²) >= 11 is 6.14. The van der Waals surface area contributed by atoms with Gasteiger partial charge in [0.15, 0.2) is 0 Å². The third-order valence-electron chi connectivity index (χ3n) is 4.34. The maximum atomic E-state index is 6.14. The molecule has 0 heterocycles. The first-order chi connectivity index (χ1) is 11.5. The minimum Gasteiger partial charge on any atom is -0.0843 e. The molecular weight excluding hydrogens is 331 g/mol. The van der Waals surface area contributed by atoms with Crippen LogP contribution in [0, 0.1) is 20.8 Å². The average molecular weight is 353 g/mol. The van der Waals surface area contributed by atoms with Crippen LogP contribution in [0.15, 0.2) is 66.7 Å². The number of rotatable bonds is 4. The topological polar surface area (TPSA) is 0 Å². The molecule has 3 aromatic rings. The van der Waals surface area contributed by atoms with Crippen LogP contribution in [0.2, 0.25) is 5.02 Å². The molecule has 1 atom stereocenters. The van der Waals surface area contributed by atoms with E-state index in [9.17, 15) is 0 Å². The Morgan fingerprint density at radius 2 is 1.54 bits per heavy atom. The summed E-state index contributed by atoms with van der Waals surface area (Å²) in [6, 6.07) is 24.0. The molecule has 122 valence electrons. The van der Waals surface area contributed by atoms with Crippen LogP contribution in [-0.2, 0) is 6.16 Å². The van der Waals surface area contributed by atoms with Gasteiger partial charge in [-0.25, -0.2) is 0 Å². The van der Waals surface area contributed by atoms with Gasteiger partial charge >= 0.3 is 0 Å². The van der Waals surface area contributed by atoms with E-state index in [1.54, 1.807) is 0 Å². The summed E-state index contributed by atoms with van der Waals surface area (Å²) in [4.78, 5) is 0. The Balaban J connectivity index is 2.05. The molecule has 2 heteroatoms. The Labute approximate surface area is 151 Å². The highest BCUT2D eigenvalue weighted by molar-refractivity contribution is 7.72. The number of hydrogen-bond acceptors (Lipinski definition) is 0. The lowest BCUT2D eigenvalue weighted by molar-refractivity contribution is 1.30. The smallest absolute Gasteiger partial charge is 0.0408 e. The van der Waals surface area contributed by atoms with E-state index in [2.05, 4.69) is 81.4 Å². The molecule has 0 aliphatic rings. The molecule has 24 heavy (non-hydrogen) atoms. The van der Waals surface area contributed by atoms with E-state index in [0.717, 1.165) is 11.2 Å². The molecule has 0 amide bonds. The number of aryl methyl sites for hydroxylation is 3. The van der Waals surface area contributed by atoms with Crippen molar-refractivity contribution in [1.29, 1.82) is 0 Å². The summed E-state index contributed by atoms with van der Waals surface area (Å²) in [7, 11) is -0.429. The van der Waals surface area contributed by atoms with Crippen molar-refractivity contribution in [3.05, 3.63) is 94.0 Å². The summed E-state index contributed by atoms with van der Waals surface area (Å²) in [6.45, 7) is 6.54. The summed E-state index contributed by atoms with van der Waals surface area (Å²) < 4.78 is 0. The zero-order valence-corrected chi connectivity index (χ0v) is 16.0. The highest BCUT2D eigenvalue weighted by atomic mass is 35.5. The molecule has 0 spiro atoms. The zero-order chi connectivity index (χ0) is 17.1. The number of hydrogen-bond donors (Lipinski definition) is 0. The standard InChI is InChI=1S/C22H22ClP/c1-16-9-12-22(18(3)13-16)24(21-7-5-4-6-8-21)15-19-10-11-20(23)14-17(19)2/h4-14H,15H2,1-3H3. The molecule has 1 unspecified atom stereocenters. The molecule has 0 N–H and O–H groups in total. The van der Waals surface area contributed by atoms with Gasteiger partial charge in [0.2, 0.25) is 0 Å². The van der Waals surface area contributed by atoms with Gasteiger partial charge in [0.05, 0.1) is 0 Å². The van der Waals surface area contributed by atoms with Gasteiger partial charge < -0.3 is 0 Å². The predicted octanol–water partition coefficient (Wildman–Crippen LogP) is 5.90. The lowest BCUT2D eigenvalue weighted by Crippen LogP contribution is -2.16. The predicted molar refractivity (Wildman–Crippen MR) is 108 cm³/mol. The molecule has 3 aromatic carbocycles. The van der Waals surface area contributed by atoms with Gasteiger partial charge in [0.25, 0.3) is 0 Å². The lowest BCUT2D eigenvalue weighted by Gasteiger charge is -2.22. The van der Waals surface area contributed by atoms with Gasteiger partial charge in [-0.15, -0.1) is 0 Å². The van der Waals surface area contributed by atoms with E-state index in [1.807, 2.05) is 6.07 Å². The second kappa shape index (κ2) is 7.51. The molecule has 3 rings (SSSR count). The fourth-order valence-corrected chi connectivity index (χ4v) is 5.87. The minimum absolute atomic E-state index is 0.429. The van der Waals surface area contributed by atoms with Gasteiger partial charge in [0.1, 0.15) is 0 Å². The molecule has 0 nitrogen and oxygen atoms in total. The van der Waals surface area contributed by atoms with E-state index >= 15 is 0 Å². The maximum absolute atomic E-state index is 6.14. The lowest BCUT2D eigenvalue weighted by atomic mass is 10.1. The van der Waals surface area contributed by atoms with E-state index in [0.29, 0.717) is 0 Å². The molecule has 0 aliphatic carbocycles. The summed E-state index contributed by atoms with van der Waals surface area (Å²) in [6.07, 6.45) is 1.05. The zero-order valence-electron chi connectivity index (χ0n) is 14.4. The van der Waals surface area contributed by atoms with Crippen LogP contribution in [0.25, 0.3) is 0 Å². The van der Waals surface area contributed by atoms with Crippen LogP contribution < -0.4 is 10.6 Å². The highest BCUT2D eigenvalue weighted by Crippen LogP contribution is 2.40. The summed E-state index contributed by atoms with van der Waals surface area (Å²) in [5.41, 5.74) is 5.36. The third kappa shape index (κ3) is 3.89. The molecule has 0 aliphatic heterocycles. The van der Waals surface area contributed by atoms with Crippen LogP contribution in [0.1, 0.15) is 22.3 Å². The molecule has 0 radical (unpaired) electrons. The van der Waals surface area contributed by atoms with Crippen molar-refractivity contribution in [1.82, 2.24) is 0 Å². The van der Waals surface area contributed by atoms with Crippen molar-refractivity contribution in [2.24, 2.45) is 0 Å².